The van der Waals surface area contributed by atoms with Crippen molar-refractivity contribution >= 4 is 17.5 Å². The summed E-state index contributed by atoms with van der Waals surface area (Å²) in [6.45, 7) is 8.66. The van der Waals surface area contributed by atoms with Gasteiger partial charge in [0.2, 0.25) is 5.91 Å². The molecule has 2 heterocycles. The van der Waals surface area contributed by atoms with Crippen LogP contribution in [0.1, 0.15) is 18.3 Å². The molecule has 6 nitrogen and oxygen atoms in total. The molecule has 1 aliphatic heterocycles. The number of hydrogen-bond donors (Lipinski definition) is 1. The summed E-state index contributed by atoms with van der Waals surface area (Å²) >= 11 is 0. The Balaban J connectivity index is 2.31. The number of rotatable bonds is 3. The number of hydrogen-bond acceptors (Lipinski definition) is 5. The third kappa shape index (κ3) is 2.77. The van der Waals surface area contributed by atoms with Gasteiger partial charge in [-0.25, -0.2) is 9.97 Å². The van der Waals surface area contributed by atoms with Crippen LogP contribution in [-0.4, -0.2) is 54.0 Å². The summed E-state index contributed by atoms with van der Waals surface area (Å²) in [4.78, 5) is 24.5. The molecule has 1 aromatic heterocycles. The molecule has 0 bridgehead atoms. The number of aromatic nitrogens is 2. The molecule has 1 aliphatic rings. The minimum atomic E-state index is 0.131. The third-order valence-electron chi connectivity index (χ3n) is 3.33. The Morgan fingerprint density at radius 1 is 1.26 bits per heavy atom. The third-order valence-corrected chi connectivity index (χ3v) is 3.33. The van der Waals surface area contributed by atoms with Crippen molar-refractivity contribution in [2.75, 3.05) is 43.4 Å². The highest BCUT2D eigenvalue weighted by molar-refractivity contribution is 5.82. The molecule has 1 fully saturated rings. The minimum Gasteiger partial charge on any atom is -0.370 e. The first kappa shape index (κ1) is 13.6. The van der Waals surface area contributed by atoms with Gasteiger partial charge in [-0.2, -0.15) is 0 Å². The maximum atomic E-state index is 11.8. The number of amides is 1. The van der Waals surface area contributed by atoms with Gasteiger partial charge in [0.25, 0.3) is 0 Å². The lowest BCUT2D eigenvalue weighted by atomic mass is 10.2. The van der Waals surface area contributed by atoms with Crippen LogP contribution in [0.15, 0.2) is 0 Å². The lowest BCUT2D eigenvalue weighted by Crippen LogP contribution is -2.49. The van der Waals surface area contributed by atoms with Gasteiger partial charge in [-0.15, -0.1) is 0 Å². The average molecular weight is 263 g/mol. The quantitative estimate of drug-likeness (QED) is 0.874. The summed E-state index contributed by atoms with van der Waals surface area (Å²) in [6, 6.07) is 0. The molecule has 0 radical (unpaired) electrons. The van der Waals surface area contributed by atoms with Gasteiger partial charge in [0, 0.05) is 32.2 Å². The van der Waals surface area contributed by atoms with Crippen molar-refractivity contribution < 1.29 is 4.79 Å². The predicted octanol–water partition coefficient (Wildman–Crippen LogP) is 0.804. The van der Waals surface area contributed by atoms with Crippen LogP contribution >= 0.6 is 0 Å². The second-order valence-corrected chi connectivity index (χ2v) is 4.84. The van der Waals surface area contributed by atoms with Crippen LogP contribution < -0.4 is 10.2 Å². The molecule has 0 unspecified atom stereocenters. The Bertz CT molecular complexity index is 488. The van der Waals surface area contributed by atoms with E-state index in [0.717, 1.165) is 42.7 Å². The second-order valence-electron chi connectivity index (χ2n) is 4.84. The first-order valence-electron chi connectivity index (χ1n) is 6.61. The lowest BCUT2D eigenvalue weighted by molar-refractivity contribution is -0.129. The minimum absolute atomic E-state index is 0.131. The van der Waals surface area contributed by atoms with Crippen molar-refractivity contribution in [3.05, 3.63) is 11.4 Å². The first-order valence-corrected chi connectivity index (χ1v) is 6.61. The topological polar surface area (TPSA) is 61.4 Å². The molecule has 0 atom stereocenters. The number of nitrogens with one attached hydrogen (secondary N) is 1. The summed E-state index contributed by atoms with van der Waals surface area (Å²) in [5, 5.41) is 3.24. The average Bonchev–Trinajstić information content (AvgIpc) is 2.37. The normalized spacial score (nSPS) is 15.9. The highest BCUT2D eigenvalue weighted by atomic mass is 16.2. The van der Waals surface area contributed by atoms with Gasteiger partial charge in [0.1, 0.15) is 17.5 Å². The number of likely N-dealkylation sites (N-methyl/N-ethyl adjacent to an activating group) is 1. The van der Waals surface area contributed by atoms with Crippen LogP contribution in [-0.2, 0) is 4.79 Å². The molecule has 1 N–H and O–H groups in total. The van der Waals surface area contributed by atoms with E-state index in [0.29, 0.717) is 6.54 Å². The predicted molar refractivity (Wildman–Crippen MR) is 75.5 cm³/mol. The Morgan fingerprint density at radius 2 is 2.00 bits per heavy atom. The molecule has 1 aromatic rings. The smallest absolute Gasteiger partial charge is 0.241 e. The van der Waals surface area contributed by atoms with Gasteiger partial charge in [0.15, 0.2) is 0 Å². The van der Waals surface area contributed by atoms with Crippen molar-refractivity contribution in [1.29, 1.82) is 0 Å². The van der Waals surface area contributed by atoms with Crippen molar-refractivity contribution in [2.24, 2.45) is 0 Å². The Labute approximate surface area is 113 Å². The van der Waals surface area contributed by atoms with E-state index in [1.54, 1.807) is 4.90 Å². The van der Waals surface area contributed by atoms with E-state index in [4.69, 9.17) is 0 Å². The van der Waals surface area contributed by atoms with Gasteiger partial charge in [-0.05, 0) is 20.8 Å². The highest BCUT2D eigenvalue weighted by Crippen LogP contribution is 2.24. The first-order chi connectivity index (χ1) is 9.02. The number of piperazine rings is 1. The zero-order valence-corrected chi connectivity index (χ0v) is 12.0. The van der Waals surface area contributed by atoms with Crippen molar-refractivity contribution in [3.8, 4) is 0 Å². The van der Waals surface area contributed by atoms with Gasteiger partial charge in [-0.3, -0.25) is 4.79 Å². The van der Waals surface area contributed by atoms with Crippen molar-refractivity contribution in [2.45, 2.75) is 20.8 Å². The fourth-order valence-electron chi connectivity index (χ4n) is 2.20. The summed E-state index contributed by atoms with van der Waals surface area (Å²) < 4.78 is 0. The Kier molecular flexibility index (Phi) is 3.87. The molecular weight excluding hydrogens is 242 g/mol. The number of nitrogens with zero attached hydrogens (tertiary/aromatic N) is 4. The van der Waals surface area contributed by atoms with E-state index in [9.17, 15) is 4.79 Å². The van der Waals surface area contributed by atoms with E-state index in [2.05, 4.69) is 15.3 Å². The number of carbonyl (C=O) groups excluding carboxylic acids is 1. The maximum absolute atomic E-state index is 11.8. The van der Waals surface area contributed by atoms with Gasteiger partial charge in [-0.1, -0.05) is 0 Å². The van der Waals surface area contributed by atoms with E-state index >= 15 is 0 Å². The molecule has 2 rings (SSSR count). The molecule has 6 heteroatoms. The van der Waals surface area contributed by atoms with Crippen LogP contribution in [0.4, 0.5) is 11.6 Å². The molecule has 0 saturated carbocycles. The van der Waals surface area contributed by atoms with E-state index in [1.165, 1.54) is 0 Å². The molecule has 0 aliphatic carbocycles. The van der Waals surface area contributed by atoms with Gasteiger partial charge in [0.05, 0.1) is 6.54 Å². The van der Waals surface area contributed by atoms with E-state index < -0.39 is 0 Å². The fraction of sp³-hybridized carbons (Fsp3) is 0.615. The zero-order valence-electron chi connectivity index (χ0n) is 12.0. The highest BCUT2D eigenvalue weighted by Gasteiger charge is 2.24. The van der Waals surface area contributed by atoms with Crippen molar-refractivity contribution in [3.63, 3.8) is 0 Å². The van der Waals surface area contributed by atoms with E-state index in [1.807, 2.05) is 32.7 Å². The maximum Gasteiger partial charge on any atom is 0.241 e. The summed E-state index contributed by atoms with van der Waals surface area (Å²) in [6.07, 6.45) is 0. The molecule has 19 heavy (non-hydrogen) atoms. The van der Waals surface area contributed by atoms with Crippen LogP contribution in [0.5, 0.6) is 0 Å². The SMILES string of the molecule is CCNc1nc(C)nc(N2CCN(C)C(=O)C2)c1C. The number of aryl methyl sites for hydroxylation is 1. The van der Waals surface area contributed by atoms with Crippen molar-refractivity contribution in [1.82, 2.24) is 14.9 Å². The van der Waals surface area contributed by atoms with Crippen LogP contribution in [0.2, 0.25) is 0 Å². The monoisotopic (exact) mass is 263 g/mol. The molecular formula is C13H21N5O. The molecule has 0 spiro atoms. The molecule has 1 saturated heterocycles. The molecule has 104 valence electrons. The second kappa shape index (κ2) is 5.42. The molecule has 1 amide bonds. The lowest BCUT2D eigenvalue weighted by Gasteiger charge is -2.33. The largest absolute Gasteiger partial charge is 0.370 e. The van der Waals surface area contributed by atoms with Gasteiger partial charge < -0.3 is 15.1 Å². The summed E-state index contributed by atoms with van der Waals surface area (Å²) in [7, 11) is 1.84. The summed E-state index contributed by atoms with van der Waals surface area (Å²) in [5.74, 6) is 2.58. The Hall–Kier alpha value is -1.85. The Morgan fingerprint density at radius 3 is 2.63 bits per heavy atom. The van der Waals surface area contributed by atoms with Crippen LogP contribution in [0, 0.1) is 13.8 Å². The fourth-order valence-corrected chi connectivity index (χ4v) is 2.20. The number of anilines is 2. The zero-order chi connectivity index (χ0) is 14.0. The van der Waals surface area contributed by atoms with Gasteiger partial charge >= 0.3 is 0 Å². The van der Waals surface area contributed by atoms with Crippen LogP contribution in [0.25, 0.3) is 0 Å². The standard InChI is InChI=1S/C13H21N5O/c1-5-14-12-9(2)13(16-10(3)15-12)18-7-6-17(4)11(19)8-18/h5-8H2,1-4H3,(H,14,15,16). The number of carbonyl (C=O) groups is 1. The van der Waals surface area contributed by atoms with E-state index in [-0.39, 0.29) is 5.91 Å². The summed E-state index contributed by atoms with van der Waals surface area (Å²) in [5.41, 5.74) is 1.00. The molecule has 0 aromatic carbocycles. The van der Waals surface area contributed by atoms with Crippen LogP contribution in [0.3, 0.4) is 0 Å².